The Morgan fingerprint density at radius 1 is 1.22 bits per heavy atom. The molecular weight excluding hydrogens is 401 g/mol. The second-order valence-electron chi connectivity index (χ2n) is 5.21. The summed E-state index contributed by atoms with van der Waals surface area (Å²) in [4.78, 5) is 12.1. The van der Waals surface area contributed by atoms with Gasteiger partial charge in [0.15, 0.2) is 5.96 Å². The van der Waals surface area contributed by atoms with Crippen molar-refractivity contribution in [1.29, 1.82) is 0 Å². The van der Waals surface area contributed by atoms with Gasteiger partial charge in [-0.15, -0.1) is 24.0 Å². The number of imidazole rings is 1. The van der Waals surface area contributed by atoms with E-state index in [1.807, 2.05) is 55.5 Å². The van der Waals surface area contributed by atoms with Crippen LogP contribution in [0.5, 0.6) is 0 Å². The molecule has 0 bridgehead atoms. The Hall–Kier alpha value is -2.09. The first-order chi connectivity index (χ1) is 10.7. The first-order valence-corrected chi connectivity index (χ1v) is 7.28. The standard InChI is InChI=1S/C17H19N5.HI/c1-12-5-4-6-13(11-12)20-17(18)19-10-9-16-21-14-7-2-3-8-15(14)22-16;/h2-8,11H,9-10H2,1H3,(H,21,22)(H3,18,19,20);1H. The lowest BCUT2D eigenvalue weighted by Gasteiger charge is -2.05. The molecule has 0 aliphatic rings. The maximum absolute atomic E-state index is 5.90. The second kappa shape index (κ2) is 7.96. The van der Waals surface area contributed by atoms with Crippen molar-refractivity contribution in [2.24, 2.45) is 10.7 Å². The minimum atomic E-state index is 0. The van der Waals surface area contributed by atoms with Gasteiger partial charge in [0.1, 0.15) is 5.82 Å². The lowest BCUT2D eigenvalue weighted by atomic mass is 10.2. The second-order valence-corrected chi connectivity index (χ2v) is 5.21. The molecule has 0 atom stereocenters. The van der Waals surface area contributed by atoms with Gasteiger partial charge in [0.05, 0.1) is 11.0 Å². The van der Waals surface area contributed by atoms with Crippen LogP contribution < -0.4 is 11.1 Å². The Morgan fingerprint density at radius 2 is 2.04 bits per heavy atom. The summed E-state index contributed by atoms with van der Waals surface area (Å²) in [5.74, 6) is 1.34. The van der Waals surface area contributed by atoms with Crippen LogP contribution in [-0.2, 0) is 6.42 Å². The molecule has 0 spiro atoms. The molecule has 0 aliphatic carbocycles. The Balaban J connectivity index is 0.00000192. The molecule has 23 heavy (non-hydrogen) atoms. The zero-order chi connectivity index (χ0) is 15.4. The number of benzene rings is 2. The Morgan fingerprint density at radius 3 is 2.83 bits per heavy atom. The number of H-pyrrole nitrogens is 1. The molecule has 2 aromatic carbocycles. The van der Waals surface area contributed by atoms with E-state index in [9.17, 15) is 0 Å². The van der Waals surface area contributed by atoms with Crippen molar-refractivity contribution in [3.63, 3.8) is 0 Å². The van der Waals surface area contributed by atoms with Gasteiger partial charge in [-0.2, -0.15) is 0 Å². The number of rotatable bonds is 4. The van der Waals surface area contributed by atoms with Crippen LogP contribution in [-0.4, -0.2) is 22.5 Å². The van der Waals surface area contributed by atoms with Crippen LogP contribution in [0, 0.1) is 6.92 Å². The fourth-order valence-corrected chi connectivity index (χ4v) is 2.32. The molecule has 3 aromatic rings. The Labute approximate surface area is 152 Å². The summed E-state index contributed by atoms with van der Waals surface area (Å²) in [6.45, 7) is 2.63. The van der Waals surface area contributed by atoms with Gasteiger partial charge in [0.25, 0.3) is 0 Å². The van der Waals surface area contributed by atoms with E-state index >= 15 is 0 Å². The van der Waals surface area contributed by atoms with Crippen molar-refractivity contribution in [3.8, 4) is 0 Å². The number of hydrogen-bond acceptors (Lipinski definition) is 2. The molecule has 6 heteroatoms. The molecule has 0 saturated carbocycles. The highest BCUT2D eigenvalue weighted by Gasteiger charge is 2.01. The van der Waals surface area contributed by atoms with Crippen molar-refractivity contribution in [3.05, 3.63) is 59.9 Å². The van der Waals surface area contributed by atoms with Gasteiger partial charge in [0.2, 0.25) is 0 Å². The van der Waals surface area contributed by atoms with Gasteiger partial charge >= 0.3 is 0 Å². The summed E-state index contributed by atoms with van der Waals surface area (Å²) < 4.78 is 0. The number of anilines is 1. The van der Waals surface area contributed by atoms with Crippen LogP contribution in [0.3, 0.4) is 0 Å². The van der Waals surface area contributed by atoms with Crippen molar-refractivity contribution >= 4 is 46.7 Å². The fraction of sp³-hybridized carbons (Fsp3) is 0.176. The van der Waals surface area contributed by atoms with Gasteiger partial charge in [-0.3, -0.25) is 4.99 Å². The number of guanidine groups is 1. The molecule has 0 aliphatic heterocycles. The van der Waals surface area contributed by atoms with Gasteiger partial charge in [0, 0.05) is 18.7 Å². The molecule has 3 rings (SSSR count). The topological polar surface area (TPSA) is 79.1 Å². The average molecular weight is 421 g/mol. The molecule has 0 fully saturated rings. The maximum atomic E-state index is 5.90. The first kappa shape index (κ1) is 17.3. The van der Waals surface area contributed by atoms with Crippen molar-refractivity contribution in [1.82, 2.24) is 9.97 Å². The van der Waals surface area contributed by atoms with E-state index in [0.29, 0.717) is 12.5 Å². The van der Waals surface area contributed by atoms with Crippen LogP contribution in [0.4, 0.5) is 5.69 Å². The number of aliphatic imine (C=N–C) groups is 1. The number of aryl methyl sites for hydroxylation is 1. The fourth-order valence-electron chi connectivity index (χ4n) is 2.32. The maximum Gasteiger partial charge on any atom is 0.193 e. The first-order valence-electron chi connectivity index (χ1n) is 7.28. The summed E-state index contributed by atoms with van der Waals surface area (Å²) >= 11 is 0. The number of hydrogen-bond donors (Lipinski definition) is 3. The monoisotopic (exact) mass is 421 g/mol. The smallest absolute Gasteiger partial charge is 0.193 e. The molecule has 4 N–H and O–H groups in total. The van der Waals surface area contributed by atoms with Gasteiger partial charge in [-0.1, -0.05) is 24.3 Å². The predicted octanol–water partition coefficient (Wildman–Crippen LogP) is 3.46. The highest BCUT2D eigenvalue weighted by Crippen LogP contribution is 2.11. The van der Waals surface area contributed by atoms with E-state index in [4.69, 9.17) is 5.73 Å². The number of nitrogens with zero attached hydrogens (tertiary/aromatic N) is 2. The number of aromatic amines is 1. The predicted molar refractivity (Wildman–Crippen MR) is 107 cm³/mol. The third kappa shape index (κ3) is 4.69. The molecule has 0 radical (unpaired) electrons. The van der Waals surface area contributed by atoms with E-state index in [2.05, 4.69) is 20.3 Å². The molecule has 1 heterocycles. The van der Waals surface area contributed by atoms with Gasteiger partial charge < -0.3 is 16.0 Å². The number of para-hydroxylation sites is 2. The lowest BCUT2D eigenvalue weighted by molar-refractivity contribution is 0.898. The highest BCUT2D eigenvalue weighted by molar-refractivity contribution is 14.0. The van der Waals surface area contributed by atoms with Crippen molar-refractivity contribution in [2.45, 2.75) is 13.3 Å². The molecular formula is C17H20IN5. The zero-order valence-corrected chi connectivity index (χ0v) is 15.2. The SMILES string of the molecule is Cc1cccc(NC(N)=NCCc2nc3ccccc3[nH]2)c1.I. The normalized spacial score (nSPS) is 11.3. The molecule has 0 amide bonds. The minimum Gasteiger partial charge on any atom is -0.370 e. The molecule has 5 nitrogen and oxygen atoms in total. The summed E-state index contributed by atoms with van der Waals surface area (Å²) in [7, 11) is 0. The number of nitrogens with one attached hydrogen (secondary N) is 2. The molecule has 0 unspecified atom stereocenters. The average Bonchev–Trinajstić information content (AvgIpc) is 2.90. The Bertz CT molecular complexity index is 776. The molecule has 1 aromatic heterocycles. The van der Waals surface area contributed by atoms with Gasteiger partial charge in [-0.25, -0.2) is 4.98 Å². The highest BCUT2D eigenvalue weighted by atomic mass is 127. The summed E-state index contributed by atoms with van der Waals surface area (Å²) in [6.07, 6.45) is 0.727. The zero-order valence-electron chi connectivity index (χ0n) is 12.9. The van der Waals surface area contributed by atoms with Crippen LogP contribution in [0.25, 0.3) is 11.0 Å². The van der Waals surface area contributed by atoms with Crippen LogP contribution in [0.1, 0.15) is 11.4 Å². The summed E-state index contributed by atoms with van der Waals surface area (Å²) in [5.41, 5.74) is 10.1. The summed E-state index contributed by atoms with van der Waals surface area (Å²) in [5, 5.41) is 3.09. The Kier molecular flexibility index (Phi) is 5.97. The lowest BCUT2D eigenvalue weighted by Crippen LogP contribution is -2.23. The van der Waals surface area contributed by atoms with Gasteiger partial charge in [-0.05, 0) is 36.8 Å². The number of fused-ring (bicyclic) bond motifs is 1. The van der Waals surface area contributed by atoms with Crippen LogP contribution in [0.2, 0.25) is 0 Å². The van der Waals surface area contributed by atoms with Crippen molar-refractivity contribution in [2.75, 3.05) is 11.9 Å². The number of aromatic nitrogens is 2. The quantitative estimate of drug-likeness (QED) is 0.343. The number of halogens is 1. The molecule has 0 saturated heterocycles. The minimum absolute atomic E-state index is 0. The molecule has 120 valence electrons. The van der Waals surface area contributed by atoms with E-state index in [1.165, 1.54) is 5.56 Å². The van der Waals surface area contributed by atoms with E-state index in [0.717, 1.165) is 29.0 Å². The van der Waals surface area contributed by atoms with Crippen molar-refractivity contribution < 1.29 is 0 Å². The van der Waals surface area contributed by atoms with E-state index in [1.54, 1.807) is 0 Å². The van der Waals surface area contributed by atoms with E-state index < -0.39 is 0 Å². The van der Waals surface area contributed by atoms with Crippen LogP contribution in [0.15, 0.2) is 53.5 Å². The third-order valence-electron chi connectivity index (χ3n) is 3.36. The van der Waals surface area contributed by atoms with E-state index in [-0.39, 0.29) is 24.0 Å². The number of nitrogens with two attached hydrogens (primary N) is 1. The summed E-state index contributed by atoms with van der Waals surface area (Å²) in [6, 6.07) is 16.0. The largest absolute Gasteiger partial charge is 0.370 e. The third-order valence-corrected chi connectivity index (χ3v) is 3.36. The van der Waals surface area contributed by atoms with Crippen LogP contribution >= 0.6 is 24.0 Å².